The highest BCUT2D eigenvalue weighted by Crippen LogP contribution is 2.24. The molecule has 0 saturated carbocycles. The summed E-state index contributed by atoms with van der Waals surface area (Å²) in [5.74, 6) is -0.229. The maximum Gasteiger partial charge on any atom is 0.324 e. The maximum absolute atomic E-state index is 13.2. The largest absolute Gasteiger partial charge is 0.396 e. The van der Waals surface area contributed by atoms with E-state index in [0.717, 1.165) is 29.8 Å². The molecule has 1 saturated heterocycles. The molecule has 6 nitrogen and oxygen atoms in total. The highest BCUT2D eigenvalue weighted by atomic mass is 16.3. The normalized spacial score (nSPS) is 13.8. The number of aryl methyl sites for hydroxylation is 1. The molecule has 0 spiro atoms. The van der Waals surface area contributed by atoms with Crippen LogP contribution in [-0.4, -0.2) is 41.6 Å². The Morgan fingerprint density at radius 1 is 1.00 bits per heavy atom. The first kappa shape index (κ1) is 22.6. The van der Waals surface area contributed by atoms with Crippen LogP contribution < -0.4 is 10.2 Å². The second kappa shape index (κ2) is 10.3. The first-order valence-corrected chi connectivity index (χ1v) is 11.3. The third-order valence-electron chi connectivity index (χ3n) is 5.97. The Bertz CT molecular complexity index is 1130. The number of urea groups is 1. The molecule has 0 radical (unpaired) electrons. The van der Waals surface area contributed by atoms with Gasteiger partial charge in [-0.15, -0.1) is 0 Å². The second-order valence-electron chi connectivity index (χ2n) is 8.31. The van der Waals surface area contributed by atoms with Gasteiger partial charge >= 0.3 is 6.03 Å². The van der Waals surface area contributed by atoms with Crippen molar-refractivity contribution in [3.63, 3.8) is 0 Å². The van der Waals surface area contributed by atoms with Gasteiger partial charge in [-0.05, 0) is 66.8 Å². The van der Waals surface area contributed by atoms with E-state index in [1.165, 1.54) is 5.56 Å². The fourth-order valence-corrected chi connectivity index (χ4v) is 4.06. The van der Waals surface area contributed by atoms with Crippen molar-refractivity contribution in [2.75, 3.05) is 29.9 Å². The van der Waals surface area contributed by atoms with Crippen molar-refractivity contribution in [3.05, 3.63) is 95.1 Å². The molecule has 3 amide bonds. The van der Waals surface area contributed by atoms with E-state index in [2.05, 4.69) is 24.4 Å². The Kier molecular flexibility index (Phi) is 7.05. The predicted molar refractivity (Wildman–Crippen MR) is 131 cm³/mol. The Hall–Kier alpha value is -3.64. The average Bonchev–Trinajstić information content (AvgIpc) is 2.83. The van der Waals surface area contributed by atoms with Crippen LogP contribution in [0, 0.1) is 6.92 Å². The fraction of sp³-hybridized carbons (Fsp3) is 0.259. The van der Waals surface area contributed by atoms with Crippen LogP contribution in [0.1, 0.15) is 33.5 Å². The lowest BCUT2D eigenvalue weighted by atomic mass is 10.1. The third kappa shape index (κ3) is 5.41. The molecule has 6 heteroatoms. The van der Waals surface area contributed by atoms with Crippen LogP contribution in [0.5, 0.6) is 0 Å². The number of benzene rings is 3. The molecule has 1 aliphatic rings. The number of carbonyl (C=O) groups is 2. The number of hydrogen-bond acceptors (Lipinski definition) is 3. The van der Waals surface area contributed by atoms with Gasteiger partial charge in [-0.3, -0.25) is 9.69 Å². The van der Waals surface area contributed by atoms with Gasteiger partial charge in [-0.2, -0.15) is 0 Å². The van der Waals surface area contributed by atoms with Gasteiger partial charge in [0.2, 0.25) is 0 Å². The topological polar surface area (TPSA) is 72.9 Å². The summed E-state index contributed by atoms with van der Waals surface area (Å²) in [5.41, 5.74) is 5.23. The predicted octanol–water partition coefficient (Wildman–Crippen LogP) is 4.61. The standard InChI is InChI=1S/C27H29N3O3/c1-20-6-2-3-7-23(20)19-29-15-5-16-30(27(29)33)25-9-4-8-22(18-25)26(32)28-24-12-10-21(11-13-24)14-17-31/h2-4,6-13,18,31H,5,14-17,19H2,1H3,(H,28,32). The van der Waals surface area contributed by atoms with Gasteiger partial charge in [0.15, 0.2) is 0 Å². The molecule has 4 rings (SSSR count). The van der Waals surface area contributed by atoms with Gasteiger partial charge in [-0.1, -0.05) is 42.5 Å². The Labute approximate surface area is 194 Å². The van der Waals surface area contributed by atoms with Crippen LogP contribution in [-0.2, 0) is 13.0 Å². The van der Waals surface area contributed by atoms with Gasteiger partial charge < -0.3 is 15.3 Å². The maximum atomic E-state index is 13.2. The van der Waals surface area contributed by atoms with Crippen LogP contribution in [0.4, 0.5) is 16.2 Å². The zero-order valence-electron chi connectivity index (χ0n) is 18.8. The molecule has 1 fully saturated rings. The number of aliphatic hydroxyl groups excluding tert-OH is 1. The minimum absolute atomic E-state index is 0.0402. The lowest BCUT2D eigenvalue weighted by Gasteiger charge is -2.36. The van der Waals surface area contributed by atoms with Crippen molar-refractivity contribution in [2.45, 2.75) is 26.3 Å². The summed E-state index contributed by atoms with van der Waals surface area (Å²) >= 11 is 0. The van der Waals surface area contributed by atoms with Crippen molar-refractivity contribution in [2.24, 2.45) is 0 Å². The summed E-state index contributed by atoms with van der Waals surface area (Å²) in [6.07, 6.45) is 1.45. The highest BCUT2D eigenvalue weighted by Gasteiger charge is 2.27. The molecule has 170 valence electrons. The molecular weight excluding hydrogens is 414 g/mol. The number of rotatable bonds is 7. The smallest absolute Gasteiger partial charge is 0.324 e. The van der Waals surface area contributed by atoms with Crippen molar-refractivity contribution in [3.8, 4) is 0 Å². The van der Waals surface area contributed by atoms with E-state index < -0.39 is 0 Å². The quantitative estimate of drug-likeness (QED) is 0.560. The molecule has 33 heavy (non-hydrogen) atoms. The Balaban J connectivity index is 1.46. The molecule has 1 heterocycles. The number of nitrogens with zero attached hydrogens (tertiary/aromatic N) is 2. The SMILES string of the molecule is Cc1ccccc1CN1CCCN(c2cccc(C(=O)Nc3ccc(CCO)cc3)c2)C1=O. The van der Waals surface area contributed by atoms with Crippen LogP contribution in [0.2, 0.25) is 0 Å². The summed E-state index contributed by atoms with van der Waals surface area (Å²) < 4.78 is 0. The molecule has 1 aliphatic heterocycles. The first-order chi connectivity index (χ1) is 16.0. The Morgan fingerprint density at radius 2 is 1.79 bits per heavy atom. The minimum Gasteiger partial charge on any atom is -0.396 e. The molecule has 0 unspecified atom stereocenters. The van der Waals surface area contributed by atoms with Gasteiger partial charge in [0.1, 0.15) is 0 Å². The fourth-order valence-electron chi connectivity index (χ4n) is 4.06. The van der Waals surface area contributed by atoms with Crippen molar-refractivity contribution in [1.29, 1.82) is 0 Å². The summed E-state index contributed by atoms with van der Waals surface area (Å²) in [5, 5.41) is 11.9. The van der Waals surface area contributed by atoms with Crippen LogP contribution >= 0.6 is 0 Å². The highest BCUT2D eigenvalue weighted by molar-refractivity contribution is 6.05. The molecule has 0 aliphatic carbocycles. The van der Waals surface area contributed by atoms with Crippen LogP contribution in [0.25, 0.3) is 0 Å². The van der Waals surface area contributed by atoms with Gasteiger partial charge in [0.05, 0.1) is 0 Å². The van der Waals surface area contributed by atoms with E-state index >= 15 is 0 Å². The zero-order valence-corrected chi connectivity index (χ0v) is 18.8. The second-order valence-corrected chi connectivity index (χ2v) is 8.31. The van der Waals surface area contributed by atoms with E-state index in [4.69, 9.17) is 5.11 Å². The van der Waals surface area contributed by atoms with E-state index in [1.807, 2.05) is 53.4 Å². The van der Waals surface area contributed by atoms with E-state index in [1.54, 1.807) is 17.0 Å². The number of carbonyl (C=O) groups excluding carboxylic acids is 2. The van der Waals surface area contributed by atoms with E-state index in [0.29, 0.717) is 30.8 Å². The summed E-state index contributed by atoms with van der Waals surface area (Å²) in [4.78, 5) is 29.7. The number of aliphatic hydroxyl groups is 1. The lowest BCUT2D eigenvalue weighted by Crippen LogP contribution is -2.49. The summed E-state index contributed by atoms with van der Waals surface area (Å²) in [6, 6.07) is 22.7. The Morgan fingerprint density at radius 3 is 2.55 bits per heavy atom. The van der Waals surface area contributed by atoms with Crippen LogP contribution in [0.15, 0.2) is 72.8 Å². The molecule has 3 aromatic carbocycles. The minimum atomic E-state index is -0.229. The van der Waals surface area contributed by atoms with Gasteiger partial charge in [0, 0.05) is 43.2 Å². The zero-order chi connectivity index (χ0) is 23.2. The summed E-state index contributed by atoms with van der Waals surface area (Å²) in [6.45, 7) is 4.07. The third-order valence-corrected chi connectivity index (χ3v) is 5.97. The monoisotopic (exact) mass is 443 g/mol. The van der Waals surface area contributed by atoms with Gasteiger partial charge in [-0.25, -0.2) is 4.79 Å². The molecule has 0 bridgehead atoms. The summed E-state index contributed by atoms with van der Waals surface area (Å²) in [7, 11) is 0. The van der Waals surface area contributed by atoms with E-state index in [9.17, 15) is 9.59 Å². The number of amides is 3. The molecule has 2 N–H and O–H groups in total. The first-order valence-electron chi connectivity index (χ1n) is 11.3. The number of anilines is 2. The number of hydrogen-bond donors (Lipinski definition) is 2. The van der Waals surface area contributed by atoms with Crippen LogP contribution in [0.3, 0.4) is 0 Å². The van der Waals surface area contributed by atoms with Crippen molar-refractivity contribution < 1.29 is 14.7 Å². The van der Waals surface area contributed by atoms with Gasteiger partial charge in [0.25, 0.3) is 5.91 Å². The molecule has 0 atom stereocenters. The molecule has 3 aromatic rings. The average molecular weight is 444 g/mol. The van der Waals surface area contributed by atoms with Crippen molar-refractivity contribution >= 4 is 23.3 Å². The number of nitrogens with one attached hydrogen (secondary N) is 1. The van der Waals surface area contributed by atoms with E-state index in [-0.39, 0.29) is 18.5 Å². The molecule has 0 aromatic heterocycles. The van der Waals surface area contributed by atoms with Crippen molar-refractivity contribution in [1.82, 2.24) is 4.90 Å². The molecular formula is C27H29N3O3. The lowest BCUT2D eigenvalue weighted by molar-refractivity contribution is 0.102.